The fourth-order valence-electron chi connectivity index (χ4n) is 1.71. The molecule has 0 atom stereocenters. The minimum absolute atomic E-state index is 0.0456. The minimum atomic E-state index is -3.34. The number of sulfonamides is 1. The van der Waals surface area contributed by atoms with Crippen molar-refractivity contribution < 1.29 is 18.3 Å². The van der Waals surface area contributed by atoms with Gasteiger partial charge in [-0.3, -0.25) is 0 Å². The van der Waals surface area contributed by atoms with Gasteiger partial charge >= 0.3 is 5.97 Å². The number of aryl methyl sites for hydroxylation is 1. The Bertz CT molecular complexity index is 751. The van der Waals surface area contributed by atoms with Gasteiger partial charge in [0.2, 0.25) is 10.0 Å². The molecule has 2 rings (SSSR count). The molecule has 108 valence electrons. The topological polar surface area (TPSA) is 105 Å². The highest BCUT2D eigenvalue weighted by Gasteiger charge is 2.17. The summed E-state index contributed by atoms with van der Waals surface area (Å²) in [5.74, 6) is -1.22. The lowest BCUT2D eigenvalue weighted by molar-refractivity contribution is 0.0699. The molecule has 1 aromatic heterocycles. The average Bonchev–Trinajstić information content (AvgIpc) is 2.79. The lowest BCUT2D eigenvalue weighted by atomic mass is 10.2. The smallest absolute Gasteiger partial charge is 0.338 e. The van der Waals surface area contributed by atoms with Crippen molar-refractivity contribution >= 4 is 27.0 Å². The van der Waals surface area contributed by atoms with Gasteiger partial charge < -0.3 is 5.11 Å². The van der Waals surface area contributed by atoms with Crippen molar-refractivity contribution in [1.82, 2.24) is 19.3 Å². The number of carboxylic acids is 1. The Morgan fingerprint density at radius 2 is 2.10 bits per heavy atom. The van der Waals surface area contributed by atoms with E-state index in [2.05, 4.69) is 10.3 Å². The van der Waals surface area contributed by atoms with E-state index in [0.29, 0.717) is 5.52 Å². The maximum atomic E-state index is 11.7. The summed E-state index contributed by atoms with van der Waals surface area (Å²) in [7, 11) is -0.430. The van der Waals surface area contributed by atoms with Crippen LogP contribution in [0.4, 0.5) is 0 Å². The van der Waals surface area contributed by atoms with Crippen molar-refractivity contribution in [1.29, 1.82) is 0 Å². The summed E-state index contributed by atoms with van der Waals surface area (Å²) in [6.45, 7) is 0.111. The van der Waals surface area contributed by atoms with Gasteiger partial charge in [0.25, 0.3) is 0 Å². The molecule has 0 fully saturated rings. The molecule has 0 aliphatic carbocycles. The van der Waals surface area contributed by atoms with Crippen LogP contribution in [0.3, 0.4) is 0 Å². The first-order chi connectivity index (χ1) is 9.33. The molecular formula is C11H14N4O4S. The monoisotopic (exact) mass is 298 g/mol. The maximum Gasteiger partial charge on any atom is 0.338 e. The Labute approximate surface area is 115 Å². The summed E-state index contributed by atoms with van der Waals surface area (Å²) < 4.78 is 25.9. The van der Waals surface area contributed by atoms with Gasteiger partial charge in [0.1, 0.15) is 5.52 Å². The Hall–Kier alpha value is -2.00. The van der Waals surface area contributed by atoms with E-state index in [0.717, 1.165) is 4.31 Å². The lowest BCUT2D eigenvalue weighted by Gasteiger charge is -2.10. The molecule has 20 heavy (non-hydrogen) atoms. The molecule has 0 radical (unpaired) electrons. The van der Waals surface area contributed by atoms with E-state index in [9.17, 15) is 13.2 Å². The van der Waals surface area contributed by atoms with Crippen LogP contribution in [0.2, 0.25) is 0 Å². The molecule has 8 nitrogen and oxygen atoms in total. The van der Waals surface area contributed by atoms with Gasteiger partial charge in [-0.1, -0.05) is 11.3 Å². The van der Waals surface area contributed by atoms with Crippen molar-refractivity contribution in [2.45, 2.75) is 6.54 Å². The standard InChI is InChI=1S/C11H14N4O4S/c1-14(2)20(18,19)7-6-15-9-5-3-4-8(11(16)17)10(9)12-13-15/h3-5H,6-7H2,1-2H3,(H,16,17). The van der Waals surface area contributed by atoms with E-state index in [4.69, 9.17) is 5.11 Å². The van der Waals surface area contributed by atoms with Crippen molar-refractivity contribution in [3.05, 3.63) is 23.8 Å². The summed E-state index contributed by atoms with van der Waals surface area (Å²) in [5, 5.41) is 16.7. The van der Waals surface area contributed by atoms with E-state index >= 15 is 0 Å². The number of aromatic nitrogens is 3. The van der Waals surface area contributed by atoms with Crippen LogP contribution < -0.4 is 0 Å². The van der Waals surface area contributed by atoms with E-state index in [1.807, 2.05) is 0 Å². The van der Waals surface area contributed by atoms with Crippen LogP contribution in [0.25, 0.3) is 11.0 Å². The molecule has 0 saturated heterocycles. The predicted octanol–water partition coefficient (Wildman–Crippen LogP) is 0.0209. The molecule has 0 saturated carbocycles. The first-order valence-electron chi connectivity index (χ1n) is 5.78. The van der Waals surface area contributed by atoms with Crippen molar-refractivity contribution in [3.63, 3.8) is 0 Å². The molecule has 0 amide bonds. The summed E-state index contributed by atoms with van der Waals surface area (Å²) in [5.41, 5.74) is 0.797. The Balaban J connectivity index is 2.34. The summed E-state index contributed by atoms with van der Waals surface area (Å²) in [6.07, 6.45) is 0. The minimum Gasteiger partial charge on any atom is -0.478 e. The van der Waals surface area contributed by atoms with Crippen LogP contribution in [0.5, 0.6) is 0 Å². The van der Waals surface area contributed by atoms with Gasteiger partial charge in [0.15, 0.2) is 0 Å². The molecule has 2 aromatic rings. The van der Waals surface area contributed by atoms with Crippen LogP contribution in [0.1, 0.15) is 10.4 Å². The SMILES string of the molecule is CN(C)S(=O)(=O)CCn1nnc2c(C(=O)O)cccc21. The van der Waals surface area contributed by atoms with E-state index in [-0.39, 0.29) is 23.4 Å². The molecule has 0 spiro atoms. The predicted molar refractivity (Wildman–Crippen MR) is 72.0 cm³/mol. The van der Waals surface area contributed by atoms with Crippen LogP contribution in [0.15, 0.2) is 18.2 Å². The number of benzene rings is 1. The molecule has 9 heteroatoms. The summed E-state index contributed by atoms with van der Waals surface area (Å²) in [4.78, 5) is 11.1. The normalized spacial score (nSPS) is 12.2. The number of carbonyl (C=O) groups is 1. The number of aromatic carboxylic acids is 1. The van der Waals surface area contributed by atoms with E-state index in [1.165, 1.54) is 24.8 Å². The van der Waals surface area contributed by atoms with Crippen LogP contribution in [-0.4, -0.2) is 58.6 Å². The van der Waals surface area contributed by atoms with Gasteiger partial charge in [-0.05, 0) is 12.1 Å². The molecule has 0 aliphatic heterocycles. The first-order valence-corrected chi connectivity index (χ1v) is 7.39. The van der Waals surface area contributed by atoms with Gasteiger partial charge in [0.05, 0.1) is 23.4 Å². The third-order valence-corrected chi connectivity index (χ3v) is 4.70. The second-order valence-corrected chi connectivity index (χ2v) is 6.69. The number of hydrogen-bond donors (Lipinski definition) is 1. The van der Waals surface area contributed by atoms with Gasteiger partial charge in [0, 0.05) is 14.1 Å². The highest BCUT2D eigenvalue weighted by Crippen LogP contribution is 2.16. The molecule has 0 unspecified atom stereocenters. The quantitative estimate of drug-likeness (QED) is 0.834. The van der Waals surface area contributed by atoms with Crippen molar-refractivity contribution in [3.8, 4) is 0 Å². The lowest BCUT2D eigenvalue weighted by Crippen LogP contribution is -2.27. The van der Waals surface area contributed by atoms with Crippen molar-refractivity contribution in [2.75, 3.05) is 19.8 Å². The zero-order valence-corrected chi connectivity index (χ0v) is 11.8. The molecule has 1 heterocycles. The maximum absolute atomic E-state index is 11.7. The highest BCUT2D eigenvalue weighted by molar-refractivity contribution is 7.89. The second kappa shape index (κ2) is 5.17. The zero-order chi connectivity index (χ0) is 14.9. The molecule has 0 bridgehead atoms. The summed E-state index contributed by atoms with van der Waals surface area (Å²) >= 11 is 0. The molecular weight excluding hydrogens is 284 g/mol. The third-order valence-electron chi connectivity index (χ3n) is 2.89. The van der Waals surface area contributed by atoms with Gasteiger partial charge in [-0.15, -0.1) is 5.10 Å². The molecule has 1 aromatic carbocycles. The van der Waals surface area contributed by atoms with E-state index < -0.39 is 16.0 Å². The van der Waals surface area contributed by atoms with Gasteiger partial charge in [-0.2, -0.15) is 0 Å². The Morgan fingerprint density at radius 3 is 2.70 bits per heavy atom. The zero-order valence-electron chi connectivity index (χ0n) is 11.0. The molecule has 1 N–H and O–H groups in total. The van der Waals surface area contributed by atoms with Crippen LogP contribution >= 0.6 is 0 Å². The third kappa shape index (κ3) is 2.63. The Morgan fingerprint density at radius 1 is 1.40 bits per heavy atom. The Kier molecular flexibility index (Phi) is 3.73. The van der Waals surface area contributed by atoms with Gasteiger partial charge in [-0.25, -0.2) is 22.2 Å². The highest BCUT2D eigenvalue weighted by atomic mass is 32.2. The average molecular weight is 298 g/mol. The first kappa shape index (κ1) is 14.4. The fraction of sp³-hybridized carbons (Fsp3) is 0.364. The number of carboxylic acid groups (broad SMARTS) is 1. The molecule has 0 aliphatic rings. The van der Waals surface area contributed by atoms with Crippen LogP contribution in [0, 0.1) is 0 Å². The number of rotatable bonds is 5. The number of nitrogens with zero attached hydrogens (tertiary/aromatic N) is 4. The van der Waals surface area contributed by atoms with E-state index in [1.54, 1.807) is 12.1 Å². The number of hydrogen-bond acceptors (Lipinski definition) is 5. The van der Waals surface area contributed by atoms with Crippen molar-refractivity contribution in [2.24, 2.45) is 0 Å². The second-order valence-electron chi connectivity index (χ2n) is 4.39. The summed E-state index contributed by atoms with van der Waals surface area (Å²) in [6, 6.07) is 4.66. The number of fused-ring (bicyclic) bond motifs is 1. The fourth-order valence-corrected chi connectivity index (χ4v) is 2.48. The largest absolute Gasteiger partial charge is 0.478 e. The van der Waals surface area contributed by atoms with Crippen LogP contribution in [-0.2, 0) is 16.6 Å².